The predicted molar refractivity (Wildman–Crippen MR) is 79.3 cm³/mol. The fraction of sp³-hybridized carbons (Fsp3) is 0.562. The quantitative estimate of drug-likeness (QED) is 0.659. The Morgan fingerprint density at radius 1 is 1.20 bits per heavy atom. The van der Waals surface area contributed by atoms with Gasteiger partial charge in [0, 0.05) is 19.7 Å². The number of hydrogen-bond acceptors (Lipinski definition) is 3. The molecule has 1 atom stereocenters. The van der Waals surface area contributed by atoms with Gasteiger partial charge in [-0.25, -0.2) is 0 Å². The Morgan fingerprint density at radius 3 is 2.75 bits per heavy atom. The van der Waals surface area contributed by atoms with E-state index in [4.69, 9.17) is 5.11 Å². The van der Waals surface area contributed by atoms with E-state index >= 15 is 0 Å². The summed E-state index contributed by atoms with van der Waals surface area (Å²) in [5.41, 5.74) is 2.56. The van der Waals surface area contributed by atoms with Crippen LogP contribution in [0, 0.1) is 0 Å². The summed E-state index contributed by atoms with van der Waals surface area (Å²) < 4.78 is 0. The molecule has 110 valence electrons. The van der Waals surface area contributed by atoms with Crippen molar-refractivity contribution >= 4 is 5.91 Å². The number of aliphatic hydroxyl groups excluding tert-OH is 1. The minimum Gasteiger partial charge on any atom is -0.396 e. The number of aliphatic hydroxyl groups is 1. The van der Waals surface area contributed by atoms with Crippen molar-refractivity contribution in [3.63, 3.8) is 0 Å². The van der Waals surface area contributed by atoms with E-state index in [0.717, 1.165) is 45.2 Å². The number of carbonyl (C=O) groups is 1. The summed E-state index contributed by atoms with van der Waals surface area (Å²) in [4.78, 5) is 12.1. The zero-order valence-electron chi connectivity index (χ0n) is 11.9. The molecule has 4 heteroatoms. The highest BCUT2D eigenvalue weighted by Gasteiger charge is 2.23. The molecule has 1 aliphatic rings. The summed E-state index contributed by atoms with van der Waals surface area (Å²) in [7, 11) is 0. The number of amides is 1. The highest BCUT2D eigenvalue weighted by Crippen LogP contribution is 2.16. The summed E-state index contributed by atoms with van der Waals surface area (Å²) in [5, 5.41) is 15.0. The monoisotopic (exact) mass is 276 g/mol. The Labute approximate surface area is 120 Å². The van der Waals surface area contributed by atoms with Crippen LogP contribution in [0.3, 0.4) is 0 Å². The van der Waals surface area contributed by atoms with Crippen LogP contribution in [-0.2, 0) is 17.8 Å². The number of unbranched alkanes of at least 4 members (excludes halogenated alkanes) is 3. The molecule has 4 nitrogen and oxygen atoms in total. The van der Waals surface area contributed by atoms with Gasteiger partial charge < -0.3 is 15.7 Å². The van der Waals surface area contributed by atoms with Gasteiger partial charge in [0.25, 0.3) is 0 Å². The molecule has 1 aromatic rings. The van der Waals surface area contributed by atoms with Gasteiger partial charge in [-0.1, -0.05) is 37.1 Å². The first kappa shape index (κ1) is 15.0. The highest BCUT2D eigenvalue weighted by molar-refractivity contribution is 5.82. The third kappa shape index (κ3) is 4.32. The van der Waals surface area contributed by atoms with Crippen molar-refractivity contribution in [1.29, 1.82) is 0 Å². The van der Waals surface area contributed by atoms with E-state index in [2.05, 4.69) is 22.8 Å². The third-order valence-corrected chi connectivity index (χ3v) is 3.78. The Kier molecular flexibility index (Phi) is 6.02. The first-order valence-corrected chi connectivity index (χ1v) is 7.50. The summed E-state index contributed by atoms with van der Waals surface area (Å²) in [6, 6.07) is 8.17. The van der Waals surface area contributed by atoms with Crippen LogP contribution in [0.5, 0.6) is 0 Å². The van der Waals surface area contributed by atoms with Crippen LogP contribution >= 0.6 is 0 Å². The summed E-state index contributed by atoms with van der Waals surface area (Å²) >= 11 is 0. The maximum absolute atomic E-state index is 12.1. The maximum atomic E-state index is 12.1. The van der Waals surface area contributed by atoms with E-state index in [-0.39, 0.29) is 18.6 Å². The second kappa shape index (κ2) is 8.02. The molecule has 1 aliphatic heterocycles. The van der Waals surface area contributed by atoms with Crippen LogP contribution in [0.25, 0.3) is 0 Å². The summed E-state index contributed by atoms with van der Waals surface area (Å²) in [6.45, 7) is 1.76. The van der Waals surface area contributed by atoms with Crippen LogP contribution in [0.1, 0.15) is 36.8 Å². The molecule has 1 aromatic carbocycles. The largest absolute Gasteiger partial charge is 0.396 e. The molecule has 0 aliphatic carbocycles. The summed E-state index contributed by atoms with van der Waals surface area (Å²) in [6.07, 6.45) is 4.69. The summed E-state index contributed by atoms with van der Waals surface area (Å²) in [5.74, 6) is 0.0988. The van der Waals surface area contributed by atoms with Crippen LogP contribution in [0.4, 0.5) is 0 Å². The number of benzene rings is 1. The molecule has 1 heterocycles. The van der Waals surface area contributed by atoms with Crippen LogP contribution in [0.15, 0.2) is 24.3 Å². The molecule has 2 rings (SSSR count). The second-order valence-electron chi connectivity index (χ2n) is 5.34. The topological polar surface area (TPSA) is 61.4 Å². The number of nitrogens with one attached hydrogen (secondary N) is 2. The molecule has 0 saturated carbocycles. The number of fused-ring (bicyclic) bond motifs is 1. The first-order chi connectivity index (χ1) is 9.81. The molecule has 0 radical (unpaired) electrons. The molecule has 0 bridgehead atoms. The highest BCUT2D eigenvalue weighted by atomic mass is 16.2. The van der Waals surface area contributed by atoms with Crippen molar-refractivity contribution in [2.75, 3.05) is 13.2 Å². The molecular formula is C16H24N2O2. The van der Waals surface area contributed by atoms with Gasteiger partial charge in [-0.2, -0.15) is 0 Å². The van der Waals surface area contributed by atoms with Crippen molar-refractivity contribution in [3.8, 4) is 0 Å². The molecule has 20 heavy (non-hydrogen) atoms. The van der Waals surface area contributed by atoms with Crippen molar-refractivity contribution in [2.24, 2.45) is 0 Å². The van der Waals surface area contributed by atoms with E-state index in [1.54, 1.807) is 0 Å². The van der Waals surface area contributed by atoms with Crippen molar-refractivity contribution in [3.05, 3.63) is 35.4 Å². The van der Waals surface area contributed by atoms with E-state index in [0.29, 0.717) is 0 Å². The average molecular weight is 276 g/mol. The maximum Gasteiger partial charge on any atom is 0.237 e. The van der Waals surface area contributed by atoms with Crippen LogP contribution in [0.2, 0.25) is 0 Å². The molecule has 0 saturated heterocycles. The molecule has 1 amide bonds. The van der Waals surface area contributed by atoms with Crippen molar-refractivity contribution in [2.45, 2.75) is 44.7 Å². The van der Waals surface area contributed by atoms with E-state index in [1.807, 2.05) is 12.1 Å². The smallest absolute Gasteiger partial charge is 0.237 e. The number of rotatable bonds is 7. The number of hydrogen-bond donors (Lipinski definition) is 3. The van der Waals surface area contributed by atoms with Crippen LogP contribution < -0.4 is 10.6 Å². The molecular weight excluding hydrogens is 252 g/mol. The molecule has 0 aromatic heterocycles. The minimum absolute atomic E-state index is 0.0988. The average Bonchev–Trinajstić information content (AvgIpc) is 2.50. The first-order valence-electron chi connectivity index (χ1n) is 7.50. The van der Waals surface area contributed by atoms with Gasteiger partial charge >= 0.3 is 0 Å². The Balaban J connectivity index is 1.69. The molecule has 3 N–H and O–H groups in total. The molecule has 0 fully saturated rings. The Morgan fingerprint density at radius 2 is 1.95 bits per heavy atom. The fourth-order valence-electron chi connectivity index (χ4n) is 2.56. The van der Waals surface area contributed by atoms with Gasteiger partial charge in [-0.3, -0.25) is 4.79 Å². The van der Waals surface area contributed by atoms with Crippen molar-refractivity contribution < 1.29 is 9.90 Å². The SMILES string of the molecule is O=C(NCCCCCCO)[C@@H]1Cc2ccccc2CN1. The van der Waals surface area contributed by atoms with Gasteiger partial charge in [0.1, 0.15) is 0 Å². The van der Waals surface area contributed by atoms with Crippen molar-refractivity contribution in [1.82, 2.24) is 10.6 Å². The zero-order chi connectivity index (χ0) is 14.2. The lowest BCUT2D eigenvalue weighted by Crippen LogP contribution is -2.47. The zero-order valence-corrected chi connectivity index (χ0v) is 11.9. The lowest BCUT2D eigenvalue weighted by molar-refractivity contribution is -0.123. The van der Waals surface area contributed by atoms with E-state index in [1.165, 1.54) is 11.1 Å². The van der Waals surface area contributed by atoms with E-state index < -0.39 is 0 Å². The van der Waals surface area contributed by atoms with Crippen LogP contribution in [-0.4, -0.2) is 30.2 Å². The normalized spacial score (nSPS) is 17.6. The number of carbonyl (C=O) groups excluding carboxylic acids is 1. The van der Waals surface area contributed by atoms with Gasteiger partial charge in [0.15, 0.2) is 0 Å². The lowest BCUT2D eigenvalue weighted by Gasteiger charge is -2.25. The fourth-order valence-corrected chi connectivity index (χ4v) is 2.56. The standard InChI is InChI=1S/C16H24N2O2/c19-10-6-2-1-5-9-17-16(20)15-11-13-7-3-4-8-14(13)12-18-15/h3-4,7-8,15,18-19H,1-2,5-6,9-12H2,(H,17,20)/t15-/m0/s1. The lowest BCUT2D eigenvalue weighted by atomic mass is 9.95. The van der Waals surface area contributed by atoms with Gasteiger partial charge in [0.05, 0.1) is 6.04 Å². The Bertz CT molecular complexity index is 434. The Hall–Kier alpha value is -1.39. The second-order valence-corrected chi connectivity index (χ2v) is 5.34. The predicted octanol–water partition coefficient (Wildman–Crippen LogP) is 1.37. The van der Waals surface area contributed by atoms with Gasteiger partial charge in [0.2, 0.25) is 5.91 Å². The third-order valence-electron chi connectivity index (χ3n) is 3.78. The van der Waals surface area contributed by atoms with E-state index in [9.17, 15) is 4.79 Å². The molecule has 0 unspecified atom stereocenters. The van der Waals surface area contributed by atoms with Gasteiger partial charge in [-0.05, 0) is 30.4 Å². The van der Waals surface area contributed by atoms with Gasteiger partial charge in [-0.15, -0.1) is 0 Å². The minimum atomic E-state index is -0.109. The molecule has 0 spiro atoms.